The number of aliphatic hydroxyl groups excluding tert-OH is 1. The molecule has 4 fully saturated rings. The molecule has 1 spiro atoms. The quantitative estimate of drug-likeness (QED) is 0.839. The molecule has 1 aliphatic carbocycles. The Kier molecular flexibility index (Phi) is 4.67. The van der Waals surface area contributed by atoms with Gasteiger partial charge in [-0.05, 0) is 17.5 Å². The molecule has 0 unspecified atom stereocenters. The highest BCUT2D eigenvalue weighted by molar-refractivity contribution is 5.19. The Morgan fingerprint density at radius 3 is 2.27 bits per heavy atom. The van der Waals surface area contributed by atoms with Crippen LogP contribution in [0.15, 0.2) is 60.7 Å². The van der Waals surface area contributed by atoms with Crippen LogP contribution in [0, 0.1) is 5.92 Å². The van der Waals surface area contributed by atoms with Crippen LogP contribution in [0.4, 0.5) is 0 Å². The average molecular weight is 408 g/mol. The largest absolute Gasteiger partial charge is 0.388 e. The Balaban J connectivity index is 1.25. The SMILES string of the molecule is O[C@@H]1[C@@H]2C[C@H](C[C@@]13OC[C@@H]1CON(Cc4ccccc4)[C@@H]13)ON2Cc1ccccc1. The molecule has 0 amide bonds. The van der Waals surface area contributed by atoms with Crippen molar-refractivity contribution in [1.29, 1.82) is 0 Å². The number of hydroxylamine groups is 4. The summed E-state index contributed by atoms with van der Waals surface area (Å²) in [4.78, 5) is 12.4. The highest BCUT2D eigenvalue weighted by Gasteiger charge is 2.66. The summed E-state index contributed by atoms with van der Waals surface area (Å²) in [5.41, 5.74) is 1.75. The molecule has 2 aromatic carbocycles. The van der Waals surface area contributed by atoms with Gasteiger partial charge in [-0.1, -0.05) is 60.7 Å². The first-order valence-corrected chi connectivity index (χ1v) is 11.0. The molecule has 3 aliphatic heterocycles. The minimum absolute atomic E-state index is 0.0401. The fraction of sp³-hybridized carbons (Fsp3) is 0.500. The first kappa shape index (κ1) is 18.9. The predicted octanol–water partition coefficient (Wildman–Crippen LogP) is 2.53. The van der Waals surface area contributed by atoms with Crippen molar-refractivity contribution in [3.8, 4) is 0 Å². The van der Waals surface area contributed by atoms with E-state index >= 15 is 0 Å². The molecule has 6 rings (SSSR count). The van der Waals surface area contributed by atoms with Crippen molar-refractivity contribution < 1.29 is 19.5 Å². The van der Waals surface area contributed by atoms with Gasteiger partial charge in [-0.2, -0.15) is 10.1 Å². The van der Waals surface area contributed by atoms with Gasteiger partial charge in [0.1, 0.15) is 11.7 Å². The van der Waals surface area contributed by atoms with E-state index in [1.807, 2.05) is 29.3 Å². The second-order valence-corrected chi connectivity index (χ2v) is 9.07. The van der Waals surface area contributed by atoms with Gasteiger partial charge in [0.25, 0.3) is 0 Å². The molecule has 3 heterocycles. The van der Waals surface area contributed by atoms with Gasteiger partial charge in [0, 0.05) is 25.4 Å². The highest BCUT2D eigenvalue weighted by atomic mass is 16.7. The maximum atomic E-state index is 11.6. The Hall–Kier alpha value is -1.80. The van der Waals surface area contributed by atoms with Crippen LogP contribution >= 0.6 is 0 Å². The number of hydrogen-bond acceptors (Lipinski definition) is 6. The summed E-state index contributed by atoms with van der Waals surface area (Å²) in [6.07, 6.45) is 0.997. The summed E-state index contributed by atoms with van der Waals surface area (Å²) in [7, 11) is 0. The van der Waals surface area contributed by atoms with Gasteiger partial charge in [-0.3, -0.25) is 9.68 Å². The van der Waals surface area contributed by atoms with Gasteiger partial charge >= 0.3 is 0 Å². The summed E-state index contributed by atoms with van der Waals surface area (Å²) >= 11 is 0. The zero-order valence-corrected chi connectivity index (χ0v) is 17.0. The lowest BCUT2D eigenvalue weighted by atomic mass is 9.72. The first-order valence-electron chi connectivity index (χ1n) is 11.0. The zero-order valence-electron chi connectivity index (χ0n) is 17.0. The van der Waals surface area contributed by atoms with E-state index in [2.05, 4.69) is 41.5 Å². The molecule has 3 saturated heterocycles. The van der Waals surface area contributed by atoms with Crippen LogP contribution in [0.2, 0.25) is 0 Å². The van der Waals surface area contributed by atoms with Crippen LogP contribution in [-0.2, 0) is 27.5 Å². The Morgan fingerprint density at radius 2 is 1.57 bits per heavy atom. The third-order valence-electron chi connectivity index (χ3n) is 7.21. The van der Waals surface area contributed by atoms with E-state index in [4.69, 9.17) is 14.4 Å². The molecule has 6 atom stereocenters. The van der Waals surface area contributed by atoms with Crippen LogP contribution in [-0.4, -0.2) is 58.3 Å². The van der Waals surface area contributed by atoms with Crippen LogP contribution in [0.1, 0.15) is 24.0 Å². The molecule has 1 N–H and O–H groups in total. The molecule has 2 bridgehead atoms. The number of rotatable bonds is 4. The smallest absolute Gasteiger partial charge is 0.116 e. The second-order valence-electron chi connectivity index (χ2n) is 9.07. The van der Waals surface area contributed by atoms with Crippen LogP contribution in [0.5, 0.6) is 0 Å². The minimum atomic E-state index is -0.644. The van der Waals surface area contributed by atoms with Crippen molar-refractivity contribution >= 4 is 0 Å². The van der Waals surface area contributed by atoms with Gasteiger partial charge < -0.3 is 9.84 Å². The third-order valence-corrected chi connectivity index (χ3v) is 7.21. The summed E-state index contributed by atoms with van der Waals surface area (Å²) in [6.45, 7) is 2.65. The van der Waals surface area contributed by atoms with Gasteiger partial charge in [-0.15, -0.1) is 0 Å². The maximum Gasteiger partial charge on any atom is 0.116 e. The lowest BCUT2D eigenvalue weighted by Gasteiger charge is -2.45. The van der Waals surface area contributed by atoms with E-state index in [1.54, 1.807) is 0 Å². The molecule has 4 aliphatic rings. The fourth-order valence-corrected chi connectivity index (χ4v) is 5.90. The number of hydrogen-bond donors (Lipinski definition) is 1. The average Bonchev–Trinajstić information content (AvgIpc) is 3.44. The van der Waals surface area contributed by atoms with Gasteiger partial charge in [0.15, 0.2) is 0 Å². The molecule has 1 saturated carbocycles. The van der Waals surface area contributed by atoms with Crippen LogP contribution < -0.4 is 0 Å². The van der Waals surface area contributed by atoms with E-state index in [9.17, 15) is 5.11 Å². The lowest BCUT2D eigenvalue weighted by molar-refractivity contribution is -0.218. The van der Waals surface area contributed by atoms with Crippen LogP contribution in [0.25, 0.3) is 0 Å². The van der Waals surface area contributed by atoms with E-state index in [0.29, 0.717) is 32.7 Å². The van der Waals surface area contributed by atoms with Crippen LogP contribution in [0.3, 0.4) is 0 Å². The number of ether oxygens (including phenoxy) is 1. The Bertz CT molecular complexity index is 881. The molecule has 6 nitrogen and oxygen atoms in total. The zero-order chi connectivity index (χ0) is 20.1. The molecule has 0 aromatic heterocycles. The third kappa shape index (κ3) is 3.02. The molecule has 0 radical (unpaired) electrons. The number of nitrogens with zero attached hydrogens (tertiary/aromatic N) is 2. The standard InChI is InChI=1S/C24H28N2O4/c27-23-21-11-20(30-25(21)13-17-7-3-1-4-8-17)12-24(23)22-19(15-28-24)16-29-26(22)14-18-9-5-2-6-10-18/h1-10,19-23,27H,11-16H2/t19-,20-,21+,22+,23-,24+/m1/s1. The normalized spacial score (nSPS) is 38.4. The fourth-order valence-electron chi connectivity index (χ4n) is 5.90. The molecule has 2 aromatic rings. The minimum Gasteiger partial charge on any atom is -0.388 e. The van der Waals surface area contributed by atoms with Crippen molar-refractivity contribution in [2.24, 2.45) is 5.92 Å². The van der Waals surface area contributed by atoms with Gasteiger partial charge in [-0.25, -0.2) is 0 Å². The summed E-state index contributed by atoms with van der Waals surface area (Å²) in [5, 5.41) is 15.6. The van der Waals surface area contributed by atoms with E-state index in [1.165, 1.54) is 11.1 Å². The van der Waals surface area contributed by atoms with Crippen molar-refractivity contribution in [2.45, 2.75) is 55.8 Å². The van der Waals surface area contributed by atoms with E-state index < -0.39 is 11.7 Å². The summed E-state index contributed by atoms with van der Waals surface area (Å²) in [6, 6.07) is 20.6. The number of fused-ring (bicyclic) bond motifs is 4. The molecule has 30 heavy (non-hydrogen) atoms. The number of benzene rings is 2. The first-order chi connectivity index (χ1) is 14.7. The van der Waals surface area contributed by atoms with Crippen molar-refractivity contribution in [1.82, 2.24) is 10.1 Å². The van der Waals surface area contributed by atoms with E-state index in [-0.39, 0.29) is 24.1 Å². The topological polar surface area (TPSA) is 54.4 Å². The van der Waals surface area contributed by atoms with Crippen molar-refractivity contribution in [3.63, 3.8) is 0 Å². The molecule has 158 valence electrons. The second kappa shape index (κ2) is 7.41. The highest BCUT2D eigenvalue weighted by Crippen LogP contribution is 2.51. The maximum absolute atomic E-state index is 11.6. The summed E-state index contributed by atoms with van der Waals surface area (Å²) < 4.78 is 6.43. The monoisotopic (exact) mass is 408 g/mol. The lowest BCUT2D eigenvalue weighted by Crippen LogP contribution is -2.63. The number of aliphatic hydroxyl groups is 1. The Labute approximate surface area is 176 Å². The molecular formula is C24H28N2O4. The van der Waals surface area contributed by atoms with Gasteiger partial charge in [0.2, 0.25) is 0 Å². The summed E-state index contributed by atoms with van der Waals surface area (Å²) in [5.74, 6) is 0.281. The van der Waals surface area contributed by atoms with Crippen molar-refractivity contribution in [2.75, 3.05) is 13.2 Å². The van der Waals surface area contributed by atoms with Crippen molar-refractivity contribution in [3.05, 3.63) is 71.8 Å². The Morgan fingerprint density at radius 1 is 0.900 bits per heavy atom. The van der Waals surface area contributed by atoms with Gasteiger partial charge in [0.05, 0.1) is 31.4 Å². The molecule has 6 heteroatoms. The molecular weight excluding hydrogens is 380 g/mol. The predicted molar refractivity (Wildman–Crippen MR) is 110 cm³/mol. The van der Waals surface area contributed by atoms with E-state index in [0.717, 1.165) is 6.42 Å².